The number of anilines is 1. The summed E-state index contributed by atoms with van der Waals surface area (Å²) in [5.74, 6) is 1.35. The second-order valence-electron chi connectivity index (χ2n) is 5.57. The zero-order valence-corrected chi connectivity index (χ0v) is 13.0. The molecule has 5 aromatic rings. The predicted octanol–water partition coefficient (Wildman–Crippen LogP) is 3.18. The number of aromatic nitrogens is 5. The Morgan fingerprint density at radius 1 is 1.00 bits per heavy atom. The lowest BCUT2D eigenvalue weighted by Gasteiger charge is -2.06. The van der Waals surface area contributed by atoms with Gasteiger partial charge in [-0.15, -0.1) is 5.10 Å². The molecule has 5 rings (SSSR count). The molecule has 7 nitrogen and oxygen atoms in total. The number of nitrogen functional groups attached to an aromatic ring is 1. The highest BCUT2D eigenvalue weighted by Crippen LogP contribution is 2.27. The van der Waals surface area contributed by atoms with E-state index in [4.69, 9.17) is 10.2 Å². The molecule has 0 aliphatic rings. The third-order valence-corrected chi connectivity index (χ3v) is 4.00. The summed E-state index contributed by atoms with van der Waals surface area (Å²) in [5, 5.41) is 5.49. The zero-order chi connectivity index (χ0) is 16.8. The molecule has 4 aromatic heterocycles. The van der Waals surface area contributed by atoms with Gasteiger partial charge < -0.3 is 10.2 Å². The Labute approximate surface area is 141 Å². The number of pyridine rings is 1. The topological polar surface area (TPSA) is 95.1 Å². The van der Waals surface area contributed by atoms with Crippen LogP contribution in [0.2, 0.25) is 0 Å². The van der Waals surface area contributed by atoms with E-state index in [9.17, 15) is 0 Å². The van der Waals surface area contributed by atoms with Crippen LogP contribution in [0, 0.1) is 0 Å². The molecule has 0 aliphatic heterocycles. The van der Waals surface area contributed by atoms with Gasteiger partial charge in [0.1, 0.15) is 0 Å². The second kappa shape index (κ2) is 5.13. The minimum absolute atomic E-state index is 0.302. The van der Waals surface area contributed by atoms with E-state index in [2.05, 4.69) is 20.1 Å². The van der Waals surface area contributed by atoms with Crippen LogP contribution in [0.15, 0.2) is 65.5 Å². The van der Waals surface area contributed by atoms with Crippen molar-refractivity contribution in [2.75, 3.05) is 5.73 Å². The van der Waals surface area contributed by atoms with Crippen LogP contribution in [0.1, 0.15) is 0 Å². The summed E-state index contributed by atoms with van der Waals surface area (Å²) in [6.07, 6.45) is 5.14. The monoisotopic (exact) mass is 328 g/mol. The summed E-state index contributed by atoms with van der Waals surface area (Å²) >= 11 is 0. The molecule has 0 saturated heterocycles. The van der Waals surface area contributed by atoms with Crippen molar-refractivity contribution in [2.45, 2.75) is 0 Å². The number of nitrogens with two attached hydrogens (primary N) is 1. The normalized spacial score (nSPS) is 11.4. The van der Waals surface area contributed by atoms with E-state index in [0.717, 1.165) is 16.5 Å². The molecule has 0 aliphatic carbocycles. The molecule has 0 radical (unpaired) electrons. The van der Waals surface area contributed by atoms with Gasteiger partial charge in [-0.3, -0.25) is 4.98 Å². The third-order valence-electron chi connectivity index (χ3n) is 4.00. The first kappa shape index (κ1) is 13.7. The van der Waals surface area contributed by atoms with Crippen LogP contribution >= 0.6 is 0 Å². The van der Waals surface area contributed by atoms with Crippen LogP contribution in [-0.4, -0.2) is 24.6 Å². The van der Waals surface area contributed by atoms with Crippen molar-refractivity contribution < 1.29 is 4.42 Å². The smallest absolute Gasteiger partial charge is 0.218 e. The van der Waals surface area contributed by atoms with Gasteiger partial charge in [-0.25, -0.2) is 14.5 Å². The largest absolute Gasteiger partial charge is 0.461 e. The first-order chi connectivity index (χ1) is 12.3. The number of nitrogens with zero attached hydrogens (tertiary/aromatic N) is 5. The maximum absolute atomic E-state index is 6.12. The molecular formula is C18H12N6O. The second-order valence-corrected chi connectivity index (χ2v) is 5.57. The first-order valence-corrected chi connectivity index (χ1v) is 7.70. The Balaban J connectivity index is 1.74. The number of hydrogen-bond donors (Lipinski definition) is 1. The molecular weight excluding hydrogens is 316 g/mol. The van der Waals surface area contributed by atoms with Gasteiger partial charge in [0, 0.05) is 17.1 Å². The summed E-state index contributed by atoms with van der Waals surface area (Å²) in [4.78, 5) is 13.4. The minimum Gasteiger partial charge on any atom is -0.461 e. The van der Waals surface area contributed by atoms with E-state index in [-0.39, 0.29) is 0 Å². The van der Waals surface area contributed by atoms with Gasteiger partial charge in [0.05, 0.1) is 23.7 Å². The summed E-state index contributed by atoms with van der Waals surface area (Å²) in [7, 11) is 0. The summed E-state index contributed by atoms with van der Waals surface area (Å²) < 4.78 is 6.97. The van der Waals surface area contributed by atoms with Gasteiger partial charge >= 0.3 is 0 Å². The maximum Gasteiger partial charge on any atom is 0.218 e. The Kier molecular flexibility index (Phi) is 2.81. The number of fused-ring (bicyclic) bond motifs is 2. The van der Waals surface area contributed by atoms with Crippen LogP contribution in [0.25, 0.3) is 39.4 Å². The molecule has 0 bridgehead atoms. The fraction of sp³-hybridized carbons (Fsp3) is 0. The maximum atomic E-state index is 6.12. The van der Waals surface area contributed by atoms with E-state index < -0.39 is 0 Å². The van der Waals surface area contributed by atoms with E-state index in [1.54, 1.807) is 35.3 Å². The van der Waals surface area contributed by atoms with E-state index >= 15 is 0 Å². The van der Waals surface area contributed by atoms with E-state index in [1.165, 1.54) is 0 Å². The van der Waals surface area contributed by atoms with Crippen LogP contribution < -0.4 is 5.73 Å². The Morgan fingerprint density at radius 3 is 2.80 bits per heavy atom. The summed E-state index contributed by atoms with van der Waals surface area (Å²) in [6.45, 7) is 0. The fourth-order valence-electron chi connectivity index (χ4n) is 2.86. The fourth-order valence-corrected chi connectivity index (χ4v) is 2.86. The molecule has 0 amide bonds. The number of hydrogen-bond acceptors (Lipinski definition) is 6. The van der Waals surface area contributed by atoms with Gasteiger partial charge in [-0.05, 0) is 18.2 Å². The Bertz CT molecular complexity index is 1200. The Morgan fingerprint density at radius 2 is 1.92 bits per heavy atom. The number of furan rings is 1. The molecule has 0 spiro atoms. The van der Waals surface area contributed by atoms with Crippen molar-refractivity contribution in [2.24, 2.45) is 0 Å². The lowest BCUT2D eigenvalue weighted by Crippen LogP contribution is -2.00. The van der Waals surface area contributed by atoms with Crippen molar-refractivity contribution in [1.29, 1.82) is 0 Å². The zero-order valence-electron chi connectivity index (χ0n) is 13.0. The van der Waals surface area contributed by atoms with Crippen molar-refractivity contribution in [3.63, 3.8) is 0 Å². The average molecular weight is 328 g/mol. The van der Waals surface area contributed by atoms with Crippen LogP contribution in [-0.2, 0) is 0 Å². The number of para-hydroxylation sites is 1. The number of rotatable bonds is 2. The van der Waals surface area contributed by atoms with Crippen molar-refractivity contribution in [1.82, 2.24) is 24.6 Å². The highest BCUT2D eigenvalue weighted by molar-refractivity contribution is 5.92. The highest BCUT2D eigenvalue weighted by Gasteiger charge is 2.15. The van der Waals surface area contributed by atoms with Gasteiger partial charge in [0.25, 0.3) is 0 Å². The first-order valence-electron chi connectivity index (χ1n) is 7.70. The molecule has 1 aromatic carbocycles. The van der Waals surface area contributed by atoms with Crippen molar-refractivity contribution >= 4 is 22.4 Å². The lowest BCUT2D eigenvalue weighted by molar-refractivity contribution is 0.577. The molecule has 0 unspecified atom stereocenters. The highest BCUT2D eigenvalue weighted by atomic mass is 16.3. The SMILES string of the molecule is Nc1nc(-c2cccc3cccnc23)cn2nc(-c3ccco3)nc12. The van der Waals surface area contributed by atoms with Gasteiger partial charge in [-0.2, -0.15) is 0 Å². The molecule has 25 heavy (non-hydrogen) atoms. The number of benzene rings is 1. The lowest BCUT2D eigenvalue weighted by atomic mass is 10.1. The van der Waals surface area contributed by atoms with Crippen LogP contribution in [0.4, 0.5) is 5.82 Å². The quantitative estimate of drug-likeness (QED) is 0.535. The summed E-state index contributed by atoms with van der Waals surface area (Å²) in [5.41, 5.74) is 9.05. The van der Waals surface area contributed by atoms with Crippen LogP contribution in [0.5, 0.6) is 0 Å². The standard InChI is InChI=1S/C18H12N6O/c19-16-18-22-17(14-7-3-9-25-14)23-24(18)10-13(21-16)12-6-1-4-11-5-2-8-20-15(11)12/h1-10H,(H2,19,21). The Hall–Kier alpha value is -3.74. The minimum atomic E-state index is 0.302. The summed E-state index contributed by atoms with van der Waals surface area (Å²) in [6, 6.07) is 13.5. The van der Waals surface area contributed by atoms with E-state index in [1.807, 2.05) is 30.3 Å². The van der Waals surface area contributed by atoms with Crippen LogP contribution in [0.3, 0.4) is 0 Å². The van der Waals surface area contributed by atoms with E-state index in [0.29, 0.717) is 28.7 Å². The van der Waals surface area contributed by atoms with Gasteiger partial charge in [0.15, 0.2) is 17.2 Å². The molecule has 2 N–H and O–H groups in total. The molecule has 4 heterocycles. The van der Waals surface area contributed by atoms with Crippen molar-refractivity contribution in [3.05, 3.63) is 61.1 Å². The average Bonchev–Trinajstić information content (AvgIpc) is 3.30. The van der Waals surface area contributed by atoms with Gasteiger partial charge in [-0.1, -0.05) is 24.3 Å². The predicted molar refractivity (Wildman–Crippen MR) is 93.6 cm³/mol. The molecule has 0 saturated carbocycles. The third kappa shape index (κ3) is 2.13. The molecule has 0 atom stereocenters. The molecule has 0 fully saturated rings. The molecule has 120 valence electrons. The molecule has 7 heteroatoms. The van der Waals surface area contributed by atoms with Crippen molar-refractivity contribution in [3.8, 4) is 22.8 Å². The van der Waals surface area contributed by atoms with Gasteiger partial charge in [0.2, 0.25) is 5.82 Å².